The molecule has 21 heavy (non-hydrogen) atoms. The maximum absolute atomic E-state index is 3.50. The highest BCUT2D eigenvalue weighted by molar-refractivity contribution is 5.39. The van der Waals surface area contributed by atoms with Gasteiger partial charge in [-0.1, -0.05) is 36.8 Å². The molecule has 1 aliphatic heterocycles. The molecule has 4 rings (SSSR count). The summed E-state index contributed by atoms with van der Waals surface area (Å²) in [7, 11) is 0. The normalized spacial score (nSPS) is 41.4. The third-order valence-electron chi connectivity index (χ3n) is 6.44. The quantitative estimate of drug-likeness (QED) is 0.692. The van der Waals surface area contributed by atoms with Gasteiger partial charge in [0.2, 0.25) is 0 Å². The van der Waals surface area contributed by atoms with E-state index in [1.807, 2.05) is 0 Å². The van der Waals surface area contributed by atoms with E-state index in [0.29, 0.717) is 0 Å². The number of nitrogens with one attached hydrogen (secondary N) is 1. The average Bonchev–Trinajstić information content (AvgIpc) is 2.83. The van der Waals surface area contributed by atoms with E-state index in [2.05, 4.69) is 49.5 Å². The first-order valence-electron chi connectivity index (χ1n) is 8.70. The minimum Gasteiger partial charge on any atom is -0.381 e. The highest BCUT2D eigenvalue weighted by atomic mass is 14.9. The maximum atomic E-state index is 3.50. The van der Waals surface area contributed by atoms with Crippen molar-refractivity contribution in [3.05, 3.63) is 47.2 Å². The summed E-state index contributed by atoms with van der Waals surface area (Å²) in [5.74, 6) is 4.44. The molecule has 1 fully saturated rings. The molecule has 1 saturated carbocycles. The third-order valence-corrected chi connectivity index (χ3v) is 6.44. The Bertz CT molecular complexity index is 548. The van der Waals surface area contributed by atoms with Crippen molar-refractivity contribution in [1.82, 2.24) is 5.32 Å². The molecule has 112 valence electrons. The monoisotopic (exact) mass is 281 g/mol. The van der Waals surface area contributed by atoms with Crippen LogP contribution >= 0.6 is 0 Å². The molecule has 0 bridgehead atoms. The fourth-order valence-corrected chi connectivity index (χ4v) is 5.28. The lowest BCUT2D eigenvalue weighted by atomic mass is 9.75. The summed E-state index contributed by atoms with van der Waals surface area (Å²) in [6, 6.07) is 0. The fourth-order valence-electron chi connectivity index (χ4n) is 5.28. The van der Waals surface area contributed by atoms with Crippen LogP contribution in [0.25, 0.3) is 0 Å². The van der Waals surface area contributed by atoms with Gasteiger partial charge in [0, 0.05) is 12.2 Å². The summed E-state index contributed by atoms with van der Waals surface area (Å²) in [4.78, 5) is 0. The van der Waals surface area contributed by atoms with E-state index in [1.165, 1.54) is 37.0 Å². The predicted molar refractivity (Wildman–Crippen MR) is 88.7 cm³/mol. The summed E-state index contributed by atoms with van der Waals surface area (Å²) < 4.78 is 0. The van der Waals surface area contributed by atoms with E-state index in [1.54, 1.807) is 5.57 Å². The molecule has 0 aromatic rings. The molecule has 1 heteroatoms. The smallest absolute Gasteiger partial charge is 0.0372 e. The molecule has 1 heterocycles. The van der Waals surface area contributed by atoms with Crippen LogP contribution in [-0.2, 0) is 0 Å². The van der Waals surface area contributed by atoms with Crippen LogP contribution in [0, 0.1) is 29.6 Å². The van der Waals surface area contributed by atoms with Crippen molar-refractivity contribution in [3.63, 3.8) is 0 Å². The molecule has 4 aliphatic rings. The Hall–Kier alpha value is -1.24. The zero-order valence-corrected chi connectivity index (χ0v) is 13.3. The number of hydrogen-bond acceptors (Lipinski definition) is 1. The zero-order chi connectivity index (χ0) is 14.4. The van der Waals surface area contributed by atoms with Gasteiger partial charge in [-0.05, 0) is 73.8 Å². The van der Waals surface area contributed by atoms with Crippen LogP contribution in [0.5, 0.6) is 0 Å². The van der Waals surface area contributed by atoms with E-state index in [4.69, 9.17) is 0 Å². The van der Waals surface area contributed by atoms with Crippen molar-refractivity contribution in [2.75, 3.05) is 6.54 Å². The molecule has 0 amide bonds. The topological polar surface area (TPSA) is 12.0 Å². The molecule has 0 aromatic heterocycles. The minimum absolute atomic E-state index is 0.759. The Labute approximate surface area is 128 Å². The van der Waals surface area contributed by atoms with E-state index < -0.39 is 0 Å². The van der Waals surface area contributed by atoms with Crippen LogP contribution in [-0.4, -0.2) is 6.54 Å². The van der Waals surface area contributed by atoms with Crippen molar-refractivity contribution in [2.45, 2.75) is 39.5 Å². The summed E-state index contributed by atoms with van der Waals surface area (Å²) in [6.07, 6.45) is 17.4. The molecule has 4 unspecified atom stereocenters. The van der Waals surface area contributed by atoms with Crippen LogP contribution in [0.1, 0.15) is 39.5 Å². The number of rotatable bonds is 1. The molecule has 0 saturated heterocycles. The van der Waals surface area contributed by atoms with Crippen molar-refractivity contribution in [3.8, 4) is 0 Å². The summed E-state index contributed by atoms with van der Waals surface area (Å²) in [5, 5.41) is 3.50. The Morgan fingerprint density at radius 2 is 2.05 bits per heavy atom. The lowest BCUT2D eigenvalue weighted by Gasteiger charge is -2.31. The fraction of sp³-hybridized carbons (Fsp3) is 0.600. The van der Waals surface area contributed by atoms with Crippen LogP contribution in [0.4, 0.5) is 0 Å². The van der Waals surface area contributed by atoms with E-state index >= 15 is 0 Å². The molecule has 5 atom stereocenters. The first-order chi connectivity index (χ1) is 10.2. The lowest BCUT2D eigenvalue weighted by molar-refractivity contribution is 0.264. The Morgan fingerprint density at radius 3 is 2.95 bits per heavy atom. The maximum Gasteiger partial charge on any atom is 0.0372 e. The zero-order valence-electron chi connectivity index (χ0n) is 13.3. The molecule has 0 radical (unpaired) electrons. The number of fused-ring (bicyclic) bond motifs is 1. The number of allylic oxidation sites excluding steroid dienone is 6. The third kappa shape index (κ3) is 2.31. The second-order valence-electron chi connectivity index (χ2n) is 7.62. The molecule has 0 spiro atoms. The lowest BCUT2D eigenvalue weighted by Crippen LogP contribution is -2.25. The van der Waals surface area contributed by atoms with Crippen LogP contribution in [0.15, 0.2) is 47.2 Å². The van der Waals surface area contributed by atoms with Gasteiger partial charge in [-0.3, -0.25) is 0 Å². The Kier molecular flexibility index (Phi) is 3.32. The summed E-state index contributed by atoms with van der Waals surface area (Å²) in [5.41, 5.74) is 4.53. The Balaban J connectivity index is 1.50. The summed E-state index contributed by atoms with van der Waals surface area (Å²) in [6.45, 7) is 5.84. The van der Waals surface area contributed by atoms with Crippen LogP contribution in [0.2, 0.25) is 0 Å². The average molecular weight is 281 g/mol. The first-order valence-corrected chi connectivity index (χ1v) is 8.70. The highest BCUT2D eigenvalue weighted by Gasteiger charge is 2.44. The van der Waals surface area contributed by atoms with Gasteiger partial charge >= 0.3 is 0 Å². The van der Waals surface area contributed by atoms with Gasteiger partial charge in [0.15, 0.2) is 0 Å². The van der Waals surface area contributed by atoms with E-state index in [0.717, 1.165) is 36.1 Å². The second kappa shape index (κ2) is 5.19. The number of hydrogen-bond donors (Lipinski definition) is 1. The molecular formula is C20H27N. The van der Waals surface area contributed by atoms with Gasteiger partial charge in [0.05, 0.1) is 0 Å². The van der Waals surface area contributed by atoms with Crippen molar-refractivity contribution >= 4 is 0 Å². The van der Waals surface area contributed by atoms with Gasteiger partial charge in [-0.25, -0.2) is 0 Å². The SMILES string of the molecule is CC1=CC[C@@H]2C(C1)CC(C1C=CC3=C(C=CCN3)C1)C2C. The Morgan fingerprint density at radius 1 is 1.14 bits per heavy atom. The van der Waals surface area contributed by atoms with Gasteiger partial charge in [0.1, 0.15) is 0 Å². The van der Waals surface area contributed by atoms with Gasteiger partial charge in [0.25, 0.3) is 0 Å². The van der Waals surface area contributed by atoms with Crippen molar-refractivity contribution in [2.24, 2.45) is 29.6 Å². The van der Waals surface area contributed by atoms with Crippen LogP contribution in [0.3, 0.4) is 0 Å². The summed E-state index contributed by atoms with van der Waals surface area (Å²) >= 11 is 0. The number of dihydropyridines is 1. The molecule has 0 aromatic carbocycles. The highest BCUT2D eigenvalue weighted by Crippen LogP contribution is 2.52. The molecule has 3 aliphatic carbocycles. The van der Waals surface area contributed by atoms with Gasteiger partial charge in [-0.2, -0.15) is 0 Å². The minimum atomic E-state index is 0.759. The van der Waals surface area contributed by atoms with Crippen molar-refractivity contribution < 1.29 is 0 Å². The van der Waals surface area contributed by atoms with Gasteiger partial charge in [-0.15, -0.1) is 0 Å². The largest absolute Gasteiger partial charge is 0.381 e. The van der Waals surface area contributed by atoms with E-state index in [-0.39, 0.29) is 0 Å². The van der Waals surface area contributed by atoms with Crippen molar-refractivity contribution in [1.29, 1.82) is 0 Å². The van der Waals surface area contributed by atoms with E-state index in [9.17, 15) is 0 Å². The predicted octanol–water partition coefficient (Wildman–Crippen LogP) is 4.60. The first kappa shape index (κ1) is 13.4. The molecule has 1 nitrogen and oxygen atoms in total. The van der Waals surface area contributed by atoms with Gasteiger partial charge < -0.3 is 5.32 Å². The van der Waals surface area contributed by atoms with Crippen LogP contribution < -0.4 is 5.32 Å². The second-order valence-corrected chi connectivity index (χ2v) is 7.62. The molecule has 1 N–H and O–H groups in total. The standard InChI is InChI=1S/C20H27N/c1-13-5-7-18-14(2)19(12-17(18)10-13)15-6-8-20-16(11-15)4-3-9-21-20/h3-6,8,14-15,17-19,21H,7,9-12H2,1-2H3/t14?,15?,17?,18-,19?/m0/s1. The molecular weight excluding hydrogens is 254 g/mol.